The maximum absolute atomic E-state index is 14.5. The number of rotatable bonds is 24. The van der Waals surface area contributed by atoms with Gasteiger partial charge in [-0.15, -0.1) is 0 Å². The van der Waals surface area contributed by atoms with Crippen LogP contribution in [0.3, 0.4) is 0 Å². The minimum Gasteiger partial charge on any atom is -0.393 e. The molecule has 0 unspecified atom stereocenters. The average molecular weight is 1060 g/mol. The van der Waals surface area contributed by atoms with Gasteiger partial charge in [-0.1, -0.05) is 114 Å². The Balaban J connectivity index is 2.10. The minimum atomic E-state index is -1.49. The molecule has 23 heteroatoms. The number of amides is 9. The Labute approximate surface area is 446 Å². The van der Waals surface area contributed by atoms with Crippen molar-refractivity contribution >= 4 is 53.2 Å². The molecule has 0 bridgehead atoms. The summed E-state index contributed by atoms with van der Waals surface area (Å²) >= 11 is 0. The molecule has 1 aliphatic heterocycles. The van der Waals surface area contributed by atoms with Gasteiger partial charge in [0.2, 0.25) is 53.2 Å². The van der Waals surface area contributed by atoms with Crippen molar-refractivity contribution in [2.24, 2.45) is 28.9 Å². The first kappa shape index (κ1) is 63.8. The Hall–Kier alpha value is -6.53. The predicted octanol–water partition coefficient (Wildman–Crippen LogP) is -1.97. The summed E-state index contributed by atoms with van der Waals surface area (Å²) in [7, 11) is 0. The molecule has 9 atom stereocenters. The lowest BCUT2D eigenvalue weighted by Gasteiger charge is -2.28. The summed E-state index contributed by atoms with van der Waals surface area (Å²) in [5.74, 6) is -7.23. The van der Waals surface area contributed by atoms with Crippen LogP contribution in [0.1, 0.15) is 109 Å². The van der Waals surface area contributed by atoms with E-state index in [1.165, 1.54) is 0 Å². The van der Waals surface area contributed by atoms with Crippen molar-refractivity contribution in [1.82, 2.24) is 47.9 Å². The summed E-state index contributed by atoms with van der Waals surface area (Å²) in [6, 6.07) is 6.74. The molecule has 1 saturated heterocycles. The van der Waals surface area contributed by atoms with E-state index >= 15 is 0 Å². The summed E-state index contributed by atoms with van der Waals surface area (Å²) in [6.07, 6.45) is 3.32. The summed E-state index contributed by atoms with van der Waals surface area (Å²) in [5.41, 5.74) is 25.0. The quantitative estimate of drug-likeness (QED) is 0.0508. The topological polar surface area (TPSA) is 386 Å². The van der Waals surface area contributed by atoms with E-state index in [9.17, 15) is 48.3 Å². The van der Waals surface area contributed by atoms with E-state index in [1.807, 2.05) is 13.8 Å². The molecule has 0 saturated carbocycles. The number of aliphatic hydroxyl groups excluding tert-OH is 1. The Bertz CT molecular complexity index is 2150. The number of hydrogen-bond donors (Lipinski definition) is 14. The number of carbonyl (C=O) groups excluding carboxylic acids is 9. The largest absolute Gasteiger partial charge is 0.393 e. The molecule has 0 radical (unpaired) electrons. The molecule has 9 amide bonds. The third-order valence-corrected chi connectivity index (χ3v) is 12.8. The lowest BCUT2D eigenvalue weighted by Crippen LogP contribution is -2.61. The molecule has 1 heterocycles. The lowest BCUT2D eigenvalue weighted by molar-refractivity contribution is -0.136. The number of unbranched alkanes of at least 4 members (excludes halogenated alkanes) is 4. The first-order valence-electron chi connectivity index (χ1n) is 26.7. The van der Waals surface area contributed by atoms with E-state index in [0.717, 1.165) is 32.1 Å². The van der Waals surface area contributed by atoms with Crippen molar-refractivity contribution in [3.05, 3.63) is 71.8 Å². The second-order valence-electron chi connectivity index (χ2n) is 19.7. The molecule has 1 aliphatic rings. The highest BCUT2D eigenvalue weighted by Crippen LogP contribution is 2.13. The summed E-state index contributed by atoms with van der Waals surface area (Å²) < 4.78 is 0. The van der Waals surface area contributed by atoms with Crippen LogP contribution >= 0.6 is 0 Å². The van der Waals surface area contributed by atoms with Crippen LogP contribution in [0.25, 0.3) is 0 Å². The van der Waals surface area contributed by atoms with E-state index in [1.54, 1.807) is 60.7 Å². The van der Waals surface area contributed by atoms with Crippen molar-refractivity contribution in [3.63, 3.8) is 0 Å². The van der Waals surface area contributed by atoms with Crippen LogP contribution in [0.4, 0.5) is 0 Å². The van der Waals surface area contributed by atoms with E-state index < -0.39 is 114 Å². The van der Waals surface area contributed by atoms with Gasteiger partial charge in [-0.05, 0) is 75.2 Å². The van der Waals surface area contributed by atoms with Gasteiger partial charge in [0.05, 0.1) is 12.5 Å². The molecule has 18 N–H and O–H groups in total. The maximum Gasteiger partial charge on any atom is 0.244 e. The Morgan fingerprint density at radius 3 is 1.59 bits per heavy atom. The molecule has 0 aliphatic carbocycles. The highest BCUT2D eigenvalue weighted by atomic mass is 16.3. The Kier molecular flexibility index (Phi) is 29.3. The number of hydrogen-bond acceptors (Lipinski definition) is 14. The van der Waals surface area contributed by atoms with Gasteiger partial charge >= 0.3 is 0 Å². The number of nitrogens with two attached hydrogens (primary N) is 4. The van der Waals surface area contributed by atoms with Crippen molar-refractivity contribution in [3.8, 4) is 0 Å². The van der Waals surface area contributed by atoms with Gasteiger partial charge in [-0.3, -0.25) is 43.2 Å². The molecule has 23 nitrogen and oxygen atoms in total. The van der Waals surface area contributed by atoms with E-state index in [-0.39, 0.29) is 83.5 Å². The standard InChI is InChI=1S/C53H85N13O10/c1-4-5-6-7-14-19-36(67)31-45(68)59-37(20-24-54)47(70)62-40-23-27-58-46(69)42(29-34-15-10-8-11-16-34)64-53(76)44(32-57)66-49(72)39(22-26-56)61-51(74)41(28-33(2)3)63-52(75)43(30-35-17-12-9-13-18-35)65-48(71)38(21-25-55)60-50(40)73/h8-13,15-18,33,36-44,67H,4-7,14,19-32,54-57H2,1-3H3,(H,58,69)(H,59,68)(H,60,73)(H,61,74)(H,62,70)(H,63,75)(H,64,76)(H,65,71)(H,66,72)/t36-,37-,38+,39+,40+,41+,42+,43-,44+/m1/s1. The number of carbonyl (C=O) groups is 9. The molecular weight excluding hydrogens is 979 g/mol. The first-order chi connectivity index (χ1) is 36.4. The third-order valence-electron chi connectivity index (χ3n) is 12.8. The molecule has 0 spiro atoms. The Morgan fingerprint density at radius 2 is 1.07 bits per heavy atom. The van der Waals surface area contributed by atoms with E-state index in [2.05, 4.69) is 54.8 Å². The molecule has 422 valence electrons. The first-order valence-corrected chi connectivity index (χ1v) is 26.7. The van der Waals surface area contributed by atoms with Crippen LogP contribution in [-0.4, -0.2) is 145 Å². The van der Waals surface area contributed by atoms with E-state index in [4.69, 9.17) is 22.9 Å². The average Bonchev–Trinajstić information content (AvgIpc) is 3.38. The fourth-order valence-corrected chi connectivity index (χ4v) is 8.55. The molecule has 2 aromatic rings. The summed E-state index contributed by atoms with van der Waals surface area (Å²) in [4.78, 5) is 126. The number of benzene rings is 2. The van der Waals surface area contributed by atoms with Gasteiger partial charge in [0, 0.05) is 25.9 Å². The van der Waals surface area contributed by atoms with Gasteiger partial charge in [-0.2, -0.15) is 0 Å². The van der Waals surface area contributed by atoms with Crippen molar-refractivity contribution < 1.29 is 48.3 Å². The van der Waals surface area contributed by atoms with Crippen LogP contribution in [0.5, 0.6) is 0 Å². The van der Waals surface area contributed by atoms with Crippen molar-refractivity contribution in [2.45, 2.75) is 165 Å². The smallest absolute Gasteiger partial charge is 0.244 e. The molecule has 0 aromatic heterocycles. The van der Waals surface area contributed by atoms with Crippen LogP contribution in [0.15, 0.2) is 60.7 Å². The minimum absolute atomic E-state index is 0.0334. The molecule has 76 heavy (non-hydrogen) atoms. The fraction of sp³-hybridized carbons (Fsp3) is 0.604. The van der Waals surface area contributed by atoms with Gasteiger partial charge in [0.25, 0.3) is 0 Å². The second kappa shape index (κ2) is 34.9. The molecular formula is C53H85N13O10. The van der Waals surface area contributed by atoms with Crippen molar-refractivity contribution in [1.29, 1.82) is 0 Å². The van der Waals surface area contributed by atoms with Crippen LogP contribution in [-0.2, 0) is 56.0 Å². The molecule has 2 aromatic carbocycles. The number of aliphatic hydroxyl groups is 1. The Morgan fingerprint density at radius 1 is 0.592 bits per heavy atom. The van der Waals surface area contributed by atoms with Gasteiger partial charge in [0.15, 0.2) is 0 Å². The van der Waals surface area contributed by atoms with Gasteiger partial charge < -0.3 is 75.9 Å². The van der Waals surface area contributed by atoms with Crippen molar-refractivity contribution in [2.75, 3.05) is 32.7 Å². The van der Waals surface area contributed by atoms with Gasteiger partial charge in [0.1, 0.15) is 48.3 Å². The van der Waals surface area contributed by atoms with Gasteiger partial charge in [-0.25, -0.2) is 0 Å². The highest BCUT2D eigenvalue weighted by Gasteiger charge is 2.35. The van der Waals surface area contributed by atoms with Crippen LogP contribution in [0.2, 0.25) is 0 Å². The molecule has 3 rings (SSSR count). The number of nitrogens with one attached hydrogen (secondary N) is 9. The monoisotopic (exact) mass is 1060 g/mol. The lowest BCUT2D eigenvalue weighted by atomic mass is 10.00. The second-order valence-corrected chi connectivity index (χ2v) is 19.7. The zero-order chi connectivity index (χ0) is 56.0. The zero-order valence-electron chi connectivity index (χ0n) is 44.4. The van der Waals surface area contributed by atoms with Crippen LogP contribution < -0.4 is 70.8 Å². The highest BCUT2D eigenvalue weighted by molar-refractivity contribution is 5.98. The zero-order valence-corrected chi connectivity index (χ0v) is 44.4. The summed E-state index contributed by atoms with van der Waals surface area (Å²) in [6.45, 7) is 4.78. The third kappa shape index (κ3) is 23.2. The molecule has 1 fully saturated rings. The normalized spacial score (nSPS) is 22.6. The fourth-order valence-electron chi connectivity index (χ4n) is 8.55. The SMILES string of the molecule is CCCCCCC[C@@H](O)CC(=O)N[C@H](CCN)C(=O)N[C@H]1CCNC(=O)[C@H](Cc2ccccc2)NC(=O)[C@H](CN)NC(=O)[C@H](CCN)NC(=O)[C@H](CC(C)C)NC(=O)[C@@H](Cc2ccccc2)NC(=O)[C@H](CCN)NC1=O. The summed E-state index contributed by atoms with van der Waals surface area (Å²) in [5, 5.41) is 34.6. The van der Waals surface area contributed by atoms with E-state index in [0.29, 0.717) is 17.5 Å². The maximum atomic E-state index is 14.5. The predicted molar refractivity (Wildman–Crippen MR) is 287 cm³/mol. The van der Waals surface area contributed by atoms with Crippen LogP contribution in [0, 0.1) is 5.92 Å².